The van der Waals surface area contributed by atoms with Crippen LogP contribution in [0.1, 0.15) is 104 Å². The summed E-state index contributed by atoms with van der Waals surface area (Å²) < 4.78 is 43.7. The summed E-state index contributed by atoms with van der Waals surface area (Å²) in [6.45, 7) is 7.31. The van der Waals surface area contributed by atoms with Gasteiger partial charge in [-0.15, -0.1) is 11.3 Å². The SMILES string of the molecule is Cn1c(=O)n(C2CCC(=O)NC2=O)c2cccc(NCC3CC4(C3)CN(C[C@H]3CC[C@H](c5nc6cc(C(C)(C)O)c(NC(=O)c7cccc(C(F)(F)F)n7)cc6s5)CC3)C4)c21. The van der Waals surface area contributed by atoms with Crippen molar-refractivity contribution >= 4 is 61.7 Å². The zero-order chi connectivity index (χ0) is 43.0. The second kappa shape index (κ2) is 15.3. The maximum absolute atomic E-state index is 13.3. The minimum Gasteiger partial charge on any atom is -0.386 e. The number of nitrogens with zero attached hydrogens (tertiary/aromatic N) is 5. The number of piperidine rings is 1. The van der Waals surface area contributed by atoms with Crippen molar-refractivity contribution in [1.82, 2.24) is 29.3 Å². The molecule has 4 N–H and O–H groups in total. The number of thiazole rings is 1. The van der Waals surface area contributed by atoms with E-state index in [1.807, 2.05) is 18.2 Å². The van der Waals surface area contributed by atoms with E-state index in [2.05, 4.69) is 25.8 Å². The second-order valence-corrected chi connectivity index (χ2v) is 19.3. The van der Waals surface area contributed by atoms with Crippen LogP contribution in [0.4, 0.5) is 24.5 Å². The van der Waals surface area contributed by atoms with Crippen LogP contribution in [-0.4, -0.2) is 73.0 Å². The van der Waals surface area contributed by atoms with E-state index < -0.39 is 35.3 Å². The van der Waals surface area contributed by atoms with Crippen molar-refractivity contribution in [3.8, 4) is 0 Å². The molecule has 322 valence electrons. The Bertz CT molecular complexity index is 2610. The number of aliphatic hydroxyl groups is 1. The number of carbonyl (C=O) groups is 3. The van der Waals surface area contributed by atoms with Gasteiger partial charge in [0.15, 0.2) is 0 Å². The van der Waals surface area contributed by atoms with Crippen molar-refractivity contribution in [1.29, 1.82) is 0 Å². The van der Waals surface area contributed by atoms with Gasteiger partial charge < -0.3 is 20.6 Å². The predicted octanol–water partition coefficient (Wildman–Crippen LogP) is 6.92. The molecule has 5 aromatic rings. The number of anilines is 2. The lowest BCUT2D eigenvalue weighted by Crippen LogP contribution is -2.63. The van der Waals surface area contributed by atoms with Crippen LogP contribution in [0.5, 0.6) is 0 Å². The molecule has 0 radical (unpaired) electrons. The molecule has 17 heteroatoms. The number of imide groups is 1. The molecule has 3 amide bonds. The number of hydrogen-bond acceptors (Lipinski definition) is 10. The van der Waals surface area contributed by atoms with Gasteiger partial charge in [-0.05, 0) is 112 Å². The van der Waals surface area contributed by atoms with Gasteiger partial charge in [-0.25, -0.2) is 14.8 Å². The summed E-state index contributed by atoms with van der Waals surface area (Å²) in [6, 6.07) is 11.7. The standard InChI is InChI=1S/C44H49F3N8O5S/c1-42(2,60)27-16-31-34(17-30(27)50-38(57)29-7-5-9-35(49-29)44(45,46)47)61-40(51-31)26-12-10-24(11-13-26)21-54-22-43(23-54)18-25(19-43)20-48-28-6-4-8-32-37(28)53(3)41(59)55(32)33-14-15-36(56)52-39(33)58/h4-9,16-17,24-26,33,48,60H,10-15,18-23H2,1-3H3,(H,50,57)(H,52,56,58)/t24-,26-,33?. The predicted molar refractivity (Wildman–Crippen MR) is 225 cm³/mol. The summed E-state index contributed by atoms with van der Waals surface area (Å²) in [7, 11) is 1.72. The molecule has 2 saturated heterocycles. The summed E-state index contributed by atoms with van der Waals surface area (Å²) in [5.74, 6) is -0.0975. The van der Waals surface area contributed by atoms with Crippen LogP contribution < -0.4 is 21.6 Å². The largest absolute Gasteiger partial charge is 0.433 e. The first kappa shape index (κ1) is 41.2. The van der Waals surface area contributed by atoms with Gasteiger partial charge in [-0.2, -0.15) is 13.2 Å². The molecule has 9 rings (SSSR count). The molecule has 13 nitrogen and oxygen atoms in total. The Labute approximate surface area is 353 Å². The lowest BCUT2D eigenvalue weighted by molar-refractivity contribution is -0.141. The fraction of sp³-hybridized carbons (Fsp3) is 0.500. The minimum atomic E-state index is -4.69. The number of fused-ring (bicyclic) bond motifs is 2. The monoisotopic (exact) mass is 858 g/mol. The van der Waals surface area contributed by atoms with E-state index >= 15 is 0 Å². The fourth-order valence-corrected chi connectivity index (χ4v) is 11.5. The van der Waals surface area contributed by atoms with E-state index in [0.717, 1.165) is 97.7 Å². The Morgan fingerprint density at radius 1 is 0.967 bits per heavy atom. The topological polar surface area (TPSA) is 163 Å². The highest BCUT2D eigenvalue weighted by Gasteiger charge is 2.52. The summed E-state index contributed by atoms with van der Waals surface area (Å²) in [5.41, 5.74) is 0.928. The number of aromatic nitrogens is 4. The Hall–Kier alpha value is -5.13. The average Bonchev–Trinajstić information content (AvgIpc) is 3.71. The fourth-order valence-electron chi connectivity index (χ4n) is 10.3. The van der Waals surface area contributed by atoms with E-state index in [0.29, 0.717) is 51.9 Å². The average molecular weight is 859 g/mol. The number of carbonyl (C=O) groups excluding carboxylic acids is 3. The Morgan fingerprint density at radius 3 is 2.41 bits per heavy atom. The molecule has 2 aromatic carbocycles. The quantitative estimate of drug-likeness (QED) is 0.109. The molecule has 2 aliphatic carbocycles. The molecule has 4 fully saturated rings. The number of rotatable bonds is 10. The number of likely N-dealkylation sites (tertiary alicyclic amines) is 1. The summed E-state index contributed by atoms with van der Waals surface area (Å²) in [6.07, 6.45) is 2.40. The Balaban J connectivity index is 0.765. The summed E-state index contributed by atoms with van der Waals surface area (Å²) >= 11 is 1.55. The zero-order valence-corrected chi connectivity index (χ0v) is 35.1. The van der Waals surface area contributed by atoms with Crippen LogP contribution in [0.25, 0.3) is 21.3 Å². The van der Waals surface area contributed by atoms with Gasteiger partial charge in [0.05, 0.1) is 37.5 Å². The summed E-state index contributed by atoms with van der Waals surface area (Å²) in [5, 5.41) is 20.7. The van der Waals surface area contributed by atoms with Gasteiger partial charge in [0.1, 0.15) is 17.4 Å². The van der Waals surface area contributed by atoms with Gasteiger partial charge in [0.2, 0.25) is 11.8 Å². The number of halogens is 3. The van der Waals surface area contributed by atoms with E-state index in [9.17, 15) is 37.5 Å². The van der Waals surface area contributed by atoms with E-state index in [4.69, 9.17) is 4.98 Å². The maximum atomic E-state index is 13.3. The molecule has 61 heavy (non-hydrogen) atoms. The third-order valence-electron chi connectivity index (χ3n) is 13.2. The molecule has 0 bridgehead atoms. The molecule has 5 heterocycles. The Kier molecular flexibility index (Phi) is 10.4. The smallest absolute Gasteiger partial charge is 0.386 e. The molecular formula is C44H49F3N8O5S. The van der Waals surface area contributed by atoms with Crippen LogP contribution in [0, 0.1) is 17.3 Å². The van der Waals surface area contributed by atoms with Gasteiger partial charge in [0.25, 0.3) is 5.91 Å². The highest BCUT2D eigenvalue weighted by Crippen LogP contribution is 2.52. The van der Waals surface area contributed by atoms with E-state index in [1.54, 1.807) is 48.9 Å². The van der Waals surface area contributed by atoms with Gasteiger partial charge in [-0.3, -0.25) is 28.8 Å². The van der Waals surface area contributed by atoms with Crippen LogP contribution in [-0.2, 0) is 28.4 Å². The van der Waals surface area contributed by atoms with Crippen LogP contribution >= 0.6 is 11.3 Å². The van der Waals surface area contributed by atoms with Gasteiger partial charge >= 0.3 is 11.9 Å². The first-order chi connectivity index (χ1) is 28.9. The van der Waals surface area contributed by atoms with Crippen molar-refractivity contribution in [3.05, 3.63) is 81.0 Å². The lowest BCUT2D eigenvalue weighted by atomic mass is 9.57. The number of amides is 3. The molecule has 2 saturated carbocycles. The molecule has 2 aliphatic heterocycles. The van der Waals surface area contributed by atoms with Gasteiger partial charge in [0, 0.05) is 56.8 Å². The van der Waals surface area contributed by atoms with Crippen LogP contribution in [0.3, 0.4) is 0 Å². The van der Waals surface area contributed by atoms with Crippen LogP contribution in [0.15, 0.2) is 53.3 Å². The first-order valence-electron chi connectivity index (χ1n) is 21.0. The number of nitrogens with one attached hydrogen (secondary N) is 3. The van der Waals surface area contributed by atoms with Crippen molar-refractivity contribution in [2.45, 2.75) is 89.0 Å². The molecule has 1 atom stereocenters. The zero-order valence-electron chi connectivity index (χ0n) is 34.3. The highest BCUT2D eigenvalue weighted by molar-refractivity contribution is 7.18. The molecule has 1 spiro atoms. The number of hydrogen-bond donors (Lipinski definition) is 4. The van der Waals surface area contributed by atoms with E-state index in [1.165, 1.54) is 10.6 Å². The van der Waals surface area contributed by atoms with Crippen molar-refractivity contribution in [3.63, 3.8) is 0 Å². The molecule has 1 unspecified atom stereocenters. The number of alkyl halides is 3. The summed E-state index contributed by atoms with van der Waals surface area (Å²) in [4.78, 5) is 61.9. The second-order valence-electron chi connectivity index (χ2n) is 18.2. The number of imidazole rings is 1. The number of aryl methyl sites for hydroxylation is 1. The van der Waals surface area contributed by atoms with Crippen molar-refractivity contribution < 1.29 is 32.7 Å². The highest BCUT2D eigenvalue weighted by atomic mass is 32.1. The third-order valence-corrected chi connectivity index (χ3v) is 14.4. The lowest BCUT2D eigenvalue weighted by Gasteiger charge is -2.60. The minimum absolute atomic E-state index is 0.200. The molecule has 3 aromatic heterocycles. The number of benzene rings is 2. The normalized spacial score (nSPS) is 22.3. The number of pyridine rings is 1. The van der Waals surface area contributed by atoms with E-state index in [-0.39, 0.29) is 23.7 Å². The van der Waals surface area contributed by atoms with Crippen molar-refractivity contribution in [2.24, 2.45) is 24.3 Å². The van der Waals surface area contributed by atoms with Gasteiger partial charge in [-0.1, -0.05) is 12.1 Å². The third kappa shape index (κ3) is 7.95. The van der Waals surface area contributed by atoms with Crippen LogP contribution in [0.2, 0.25) is 0 Å². The maximum Gasteiger partial charge on any atom is 0.433 e. The first-order valence-corrected chi connectivity index (χ1v) is 21.8. The molecule has 4 aliphatic rings. The molecular weight excluding hydrogens is 810 g/mol. The number of para-hydroxylation sites is 1. The Morgan fingerprint density at radius 2 is 1.70 bits per heavy atom. The van der Waals surface area contributed by atoms with Crippen molar-refractivity contribution in [2.75, 3.05) is 36.8 Å².